The van der Waals surface area contributed by atoms with Crippen LogP contribution in [0.25, 0.3) is 0 Å². The molecular formula is C12H21N3O3. The summed E-state index contributed by atoms with van der Waals surface area (Å²) in [6.45, 7) is 7.31. The Morgan fingerprint density at radius 3 is 2.17 bits per heavy atom. The van der Waals surface area contributed by atoms with E-state index in [9.17, 15) is 9.59 Å². The molecule has 2 heterocycles. The molecular weight excluding hydrogens is 234 g/mol. The van der Waals surface area contributed by atoms with Gasteiger partial charge in [0.15, 0.2) is 0 Å². The van der Waals surface area contributed by atoms with Crippen LogP contribution >= 0.6 is 0 Å². The van der Waals surface area contributed by atoms with Gasteiger partial charge in [0.25, 0.3) is 0 Å². The average molecular weight is 255 g/mol. The molecule has 3 amide bonds. The highest BCUT2D eigenvalue weighted by Gasteiger charge is 2.56. The van der Waals surface area contributed by atoms with Gasteiger partial charge in [-0.05, 0) is 20.8 Å². The second kappa shape index (κ2) is 3.76. The van der Waals surface area contributed by atoms with Gasteiger partial charge in [-0.15, -0.1) is 0 Å². The normalized spacial score (nSPS) is 22.5. The minimum atomic E-state index is -0.478. The summed E-state index contributed by atoms with van der Waals surface area (Å²) in [7, 11) is 3.57. The zero-order valence-electron chi connectivity index (χ0n) is 11.7. The van der Waals surface area contributed by atoms with E-state index in [1.54, 1.807) is 28.8 Å². The lowest BCUT2D eigenvalue weighted by Crippen LogP contribution is -2.70. The molecule has 0 aromatic heterocycles. The van der Waals surface area contributed by atoms with Crippen LogP contribution in [0.5, 0.6) is 0 Å². The van der Waals surface area contributed by atoms with E-state index in [0.717, 1.165) is 0 Å². The maximum Gasteiger partial charge on any atom is 0.410 e. The van der Waals surface area contributed by atoms with Gasteiger partial charge in [0.1, 0.15) is 5.60 Å². The number of hydrogen-bond donors (Lipinski definition) is 0. The maximum absolute atomic E-state index is 11.8. The second-order valence-electron chi connectivity index (χ2n) is 6.26. The molecule has 0 aromatic rings. The quantitative estimate of drug-likeness (QED) is 0.648. The van der Waals surface area contributed by atoms with E-state index in [-0.39, 0.29) is 17.7 Å². The van der Waals surface area contributed by atoms with Crippen LogP contribution in [-0.2, 0) is 4.74 Å². The highest BCUT2D eigenvalue weighted by Crippen LogP contribution is 2.34. The highest BCUT2D eigenvalue weighted by atomic mass is 16.6. The molecule has 2 rings (SSSR count). The van der Waals surface area contributed by atoms with Crippen molar-refractivity contribution in [3.63, 3.8) is 0 Å². The Morgan fingerprint density at radius 1 is 1.22 bits per heavy atom. The summed E-state index contributed by atoms with van der Waals surface area (Å²) in [5.41, 5.74) is -0.698. The number of carbonyl (C=O) groups is 2. The summed E-state index contributed by atoms with van der Waals surface area (Å²) in [5, 5.41) is 0. The van der Waals surface area contributed by atoms with Gasteiger partial charge in [-0.1, -0.05) is 0 Å². The number of likely N-dealkylation sites (N-methyl/N-ethyl adjacent to an activating group) is 2. The van der Waals surface area contributed by atoms with E-state index in [0.29, 0.717) is 19.6 Å². The number of rotatable bonds is 0. The van der Waals surface area contributed by atoms with E-state index >= 15 is 0 Å². The van der Waals surface area contributed by atoms with Crippen LogP contribution in [0.15, 0.2) is 0 Å². The topological polar surface area (TPSA) is 53.1 Å². The van der Waals surface area contributed by atoms with Gasteiger partial charge in [0, 0.05) is 20.6 Å². The SMILES string of the molecule is CN1CC2(CN(C(=O)OC(C)(C)C)C2)N(C)C1=O. The molecule has 0 bridgehead atoms. The van der Waals surface area contributed by atoms with Crippen LogP contribution in [0, 0.1) is 0 Å². The Morgan fingerprint density at radius 2 is 1.78 bits per heavy atom. The Bertz CT molecular complexity index is 383. The monoisotopic (exact) mass is 255 g/mol. The van der Waals surface area contributed by atoms with E-state index in [2.05, 4.69) is 0 Å². The summed E-state index contributed by atoms with van der Waals surface area (Å²) in [6.07, 6.45) is -0.302. The van der Waals surface area contributed by atoms with Crippen molar-refractivity contribution < 1.29 is 14.3 Å². The fourth-order valence-electron chi connectivity index (χ4n) is 2.51. The van der Waals surface area contributed by atoms with Gasteiger partial charge >= 0.3 is 12.1 Å². The minimum Gasteiger partial charge on any atom is -0.444 e. The molecule has 18 heavy (non-hydrogen) atoms. The smallest absolute Gasteiger partial charge is 0.410 e. The molecule has 1 spiro atoms. The fourth-order valence-corrected chi connectivity index (χ4v) is 2.51. The molecule has 6 nitrogen and oxygen atoms in total. The van der Waals surface area contributed by atoms with E-state index < -0.39 is 5.60 Å². The van der Waals surface area contributed by atoms with Crippen LogP contribution in [0.4, 0.5) is 9.59 Å². The van der Waals surface area contributed by atoms with Crippen molar-refractivity contribution >= 4 is 12.1 Å². The first-order chi connectivity index (χ1) is 8.15. The average Bonchev–Trinajstić information content (AvgIpc) is 2.37. The van der Waals surface area contributed by atoms with Gasteiger partial charge in [0.05, 0.1) is 18.6 Å². The molecule has 0 aromatic carbocycles. The largest absolute Gasteiger partial charge is 0.444 e. The first-order valence-corrected chi connectivity index (χ1v) is 6.11. The van der Waals surface area contributed by atoms with Crippen molar-refractivity contribution in [1.29, 1.82) is 0 Å². The van der Waals surface area contributed by atoms with E-state index in [4.69, 9.17) is 4.74 Å². The summed E-state index contributed by atoms with van der Waals surface area (Å²) in [5.74, 6) is 0. The van der Waals surface area contributed by atoms with E-state index in [1.165, 1.54) is 0 Å². The summed E-state index contributed by atoms with van der Waals surface area (Å²) < 4.78 is 5.30. The maximum atomic E-state index is 11.8. The van der Waals surface area contributed by atoms with Crippen molar-refractivity contribution in [2.75, 3.05) is 33.7 Å². The van der Waals surface area contributed by atoms with Crippen LogP contribution in [0.3, 0.4) is 0 Å². The first kappa shape index (κ1) is 13.0. The molecule has 0 aliphatic carbocycles. The Balaban J connectivity index is 1.95. The van der Waals surface area contributed by atoms with Gasteiger partial charge in [-0.3, -0.25) is 0 Å². The molecule has 0 radical (unpaired) electrons. The molecule has 2 fully saturated rings. The highest BCUT2D eigenvalue weighted by molar-refractivity contribution is 5.79. The molecule has 6 heteroatoms. The Labute approximate surface area is 107 Å². The molecule has 0 saturated carbocycles. The number of urea groups is 1. The van der Waals surface area contributed by atoms with Crippen molar-refractivity contribution in [3.8, 4) is 0 Å². The molecule has 0 unspecified atom stereocenters. The number of carbonyl (C=O) groups excluding carboxylic acids is 2. The standard InChI is InChI=1S/C12H21N3O3/c1-11(2,3)18-10(17)15-7-12(8-15)6-13(4)9(16)14(12)5/h6-8H2,1-5H3. The van der Waals surface area contributed by atoms with Crippen LogP contribution in [0.1, 0.15) is 20.8 Å². The van der Waals surface area contributed by atoms with Gasteiger partial charge < -0.3 is 19.4 Å². The Kier molecular flexibility index (Phi) is 2.72. The lowest BCUT2D eigenvalue weighted by Gasteiger charge is -2.50. The second-order valence-corrected chi connectivity index (χ2v) is 6.26. The summed E-state index contributed by atoms with van der Waals surface area (Å²) >= 11 is 0. The predicted octanol–water partition coefficient (Wildman–Crippen LogP) is 0.973. The summed E-state index contributed by atoms with van der Waals surface area (Å²) in [6, 6.07) is 0.0128. The summed E-state index contributed by atoms with van der Waals surface area (Å²) in [4.78, 5) is 28.6. The van der Waals surface area contributed by atoms with Crippen molar-refractivity contribution in [3.05, 3.63) is 0 Å². The lowest BCUT2D eigenvalue weighted by atomic mass is 9.90. The number of ether oxygens (including phenoxy) is 1. The number of hydrogen-bond acceptors (Lipinski definition) is 3. The predicted molar refractivity (Wildman–Crippen MR) is 66.3 cm³/mol. The third kappa shape index (κ3) is 2.00. The molecule has 0 N–H and O–H groups in total. The third-order valence-electron chi connectivity index (χ3n) is 3.48. The van der Waals surface area contributed by atoms with Crippen molar-refractivity contribution in [2.24, 2.45) is 0 Å². The molecule has 0 atom stereocenters. The van der Waals surface area contributed by atoms with Gasteiger partial charge in [-0.25, -0.2) is 9.59 Å². The van der Waals surface area contributed by atoms with Gasteiger partial charge in [0.2, 0.25) is 0 Å². The minimum absolute atomic E-state index is 0.0128. The van der Waals surface area contributed by atoms with Crippen LogP contribution < -0.4 is 0 Å². The Hall–Kier alpha value is -1.46. The third-order valence-corrected chi connectivity index (χ3v) is 3.48. The first-order valence-electron chi connectivity index (χ1n) is 6.11. The van der Waals surface area contributed by atoms with Gasteiger partial charge in [-0.2, -0.15) is 0 Å². The number of nitrogens with zero attached hydrogens (tertiary/aromatic N) is 3. The number of amides is 3. The molecule has 102 valence electrons. The van der Waals surface area contributed by atoms with Crippen LogP contribution in [-0.4, -0.2) is 71.7 Å². The molecule has 2 aliphatic heterocycles. The van der Waals surface area contributed by atoms with Crippen molar-refractivity contribution in [1.82, 2.24) is 14.7 Å². The van der Waals surface area contributed by atoms with Crippen LogP contribution in [0.2, 0.25) is 0 Å². The number of likely N-dealkylation sites (tertiary alicyclic amines) is 1. The lowest BCUT2D eigenvalue weighted by molar-refractivity contribution is -0.0317. The molecule has 2 saturated heterocycles. The van der Waals surface area contributed by atoms with Crippen molar-refractivity contribution in [2.45, 2.75) is 31.9 Å². The zero-order chi connectivity index (χ0) is 13.7. The molecule has 2 aliphatic rings. The van der Waals surface area contributed by atoms with E-state index in [1.807, 2.05) is 20.8 Å². The zero-order valence-corrected chi connectivity index (χ0v) is 11.7. The fraction of sp³-hybridized carbons (Fsp3) is 0.833.